The maximum Gasteiger partial charge on any atom is 0.434 e. The summed E-state index contributed by atoms with van der Waals surface area (Å²) in [4.78, 5) is 0. The fourth-order valence-electron chi connectivity index (χ4n) is 1.66. The minimum atomic E-state index is -4.81. The zero-order chi connectivity index (χ0) is 20.2. The van der Waals surface area contributed by atoms with E-state index in [1.165, 1.54) is 32.9 Å². The predicted molar refractivity (Wildman–Crippen MR) is 87.7 cm³/mol. The molecule has 1 aromatic carbocycles. The van der Waals surface area contributed by atoms with Crippen LogP contribution in [-0.4, -0.2) is 33.6 Å². The van der Waals surface area contributed by atoms with Gasteiger partial charge in [0.15, 0.2) is 5.71 Å². The Bertz CT molecular complexity index is 645. The summed E-state index contributed by atoms with van der Waals surface area (Å²) in [5, 5.41) is 0. The largest absolute Gasteiger partial charge is 0.494 e. The number of alkyl halides is 6. The highest BCUT2D eigenvalue weighted by Crippen LogP contribution is 2.27. The lowest BCUT2D eigenvalue weighted by atomic mass is 10.1. The van der Waals surface area contributed by atoms with Crippen LogP contribution in [0.3, 0.4) is 0 Å². The molecule has 148 valence electrons. The lowest BCUT2D eigenvalue weighted by molar-refractivity contribution is -0.136. The van der Waals surface area contributed by atoms with Gasteiger partial charge in [0.1, 0.15) is 16.7 Å². The van der Waals surface area contributed by atoms with E-state index >= 15 is 0 Å². The Hall–Kier alpha value is -1.58. The van der Waals surface area contributed by atoms with Gasteiger partial charge in [0, 0.05) is 12.0 Å². The minimum absolute atomic E-state index is 0.134. The first-order valence-electron chi connectivity index (χ1n) is 7.58. The lowest BCUT2D eigenvalue weighted by Gasteiger charge is -2.17. The molecule has 1 aromatic rings. The van der Waals surface area contributed by atoms with Gasteiger partial charge in [0.2, 0.25) is 0 Å². The molecule has 0 amide bonds. The van der Waals surface area contributed by atoms with Gasteiger partial charge in [-0.15, -0.1) is 0 Å². The molecule has 0 saturated heterocycles. The van der Waals surface area contributed by atoms with Crippen LogP contribution in [-0.2, 0) is 11.0 Å². The van der Waals surface area contributed by atoms with Crippen molar-refractivity contribution in [2.75, 3.05) is 6.61 Å². The molecule has 0 fully saturated rings. The standard InChI is InChI=1S/C16H19F6NO2S/c1-14(2,3)26(24)23-13(16(20,21)22)11-5-7-12(8-6-11)25-10-4-9-15(17,18)19/h5-8H,4,9-10H2,1-3H3/t26-/m1/s1. The summed E-state index contributed by atoms with van der Waals surface area (Å²) >= 11 is 0. The van der Waals surface area contributed by atoms with Crippen LogP contribution in [0.5, 0.6) is 5.75 Å². The third-order valence-corrected chi connectivity index (χ3v) is 4.36. The van der Waals surface area contributed by atoms with Crippen LogP contribution in [0.25, 0.3) is 0 Å². The number of benzene rings is 1. The summed E-state index contributed by atoms with van der Waals surface area (Å²) in [6.45, 7) is 4.28. The first kappa shape index (κ1) is 22.5. The topological polar surface area (TPSA) is 38.7 Å². The number of ether oxygens (including phenoxy) is 1. The zero-order valence-electron chi connectivity index (χ0n) is 14.4. The summed E-state index contributed by atoms with van der Waals surface area (Å²) in [5.74, 6) is 0.134. The van der Waals surface area contributed by atoms with E-state index < -0.39 is 40.2 Å². The van der Waals surface area contributed by atoms with E-state index in [2.05, 4.69) is 4.40 Å². The number of hydrogen-bond donors (Lipinski definition) is 0. The lowest BCUT2D eigenvalue weighted by Crippen LogP contribution is -2.28. The summed E-state index contributed by atoms with van der Waals surface area (Å²) in [6, 6.07) is 4.55. The van der Waals surface area contributed by atoms with E-state index in [4.69, 9.17) is 4.74 Å². The molecule has 0 N–H and O–H groups in total. The Morgan fingerprint density at radius 1 is 1.04 bits per heavy atom. The highest BCUT2D eigenvalue weighted by Gasteiger charge is 2.38. The number of rotatable bonds is 6. The van der Waals surface area contributed by atoms with Crippen molar-refractivity contribution in [2.45, 2.75) is 50.7 Å². The molecule has 1 atom stereocenters. The Balaban J connectivity index is 2.89. The Morgan fingerprint density at radius 3 is 2.00 bits per heavy atom. The van der Waals surface area contributed by atoms with E-state index in [1.807, 2.05) is 0 Å². The fourth-order valence-corrected chi connectivity index (χ4v) is 2.31. The van der Waals surface area contributed by atoms with E-state index in [0.29, 0.717) is 0 Å². The second-order valence-electron chi connectivity index (χ2n) is 6.39. The van der Waals surface area contributed by atoms with Crippen LogP contribution in [0.2, 0.25) is 0 Å². The van der Waals surface area contributed by atoms with Gasteiger partial charge in [0.05, 0.1) is 11.4 Å². The van der Waals surface area contributed by atoms with Crippen LogP contribution >= 0.6 is 0 Å². The van der Waals surface area contributed by atoms with Gasteiger partial charge < -0.3 is 4.74 Å². The second kappa shape index (κ2) is 8.41. The van der Waals surface area contributed by atoms with Crippen molar-refractivity contribution in [3.63, 3.8) is 0 Å². The maximum absolute atomic E-state index is 13.2. The van der Waals surface area contributed by atoms with E-state index in [1.54, 1.807) is 0 Å². The van der Waals surface area contributed by atoms with Crippen molar-refractivity contribution >= 4 is 16.7 Å². The van der Waals surface area contributed by atoms with Gasteiger partial charge in [-0.3, -0.25) is 0 Å². The monoisotopic (exact) mass is 403 g/mol. The van der Waals surface area contributed by atoms with Gasteiger partial charge in [0.25, 0.3) is 0 Å². The molecule has 10 heteroatoms. The molecule has 0 spiro atoms. The predicted octanol–water partition coefficient (Wildman–Crippen LogP) is 5.22. The fraction of sp³-hybridized carbons (Fsp3) is 0.562. The molecule has 0 saturated carbocycles. The molecule has 0 heterocycles. The number of nitrogens with zero attached hydrogens (tertiary/aromatic N) is 1. The first-order valence-corrected chi connectivity index (χ1v) is 8.69. The average Bonchev–Trinajstić information content (AvgIpc) is 2.46. The van der Waals surface area contributed by atoms with Crippen molar-refractivity contribution in [2.24, 2.45) is 4.40 Å². The van der Waals surface area contributed by atoms with Gasteiger partial charge in [-0.1, -0.05) is 0 Å². The maximum atomic E-state index is 13.2. The highest BCUT2D eigenvalue weighted by atomic mass is 32.2. The second-order valence-corrected chi connectivity index (χ2v) is 8.30. The Labute approximate surface area is 150 Å². The smallest absolute Gasteiger partial charge is 0.434 e. The van der Waals surface area contributed by atoms with Gasteiger partial charge in [-0.25, -0.2) is 4.21 Å². The molecule has 0 radical (unpaired) electrons. The molecule has 0 aliphatic carbocycles. The van der Waals surface area contributed by atoms with Crippen molar-refractivity contribution < 1.29 is 35.3 Å². The summed E-state index contributed by atoms with van der Waals surface area (Å²) in [5.41, 5.74) is -1.59. The molecule has 3 nitrogen and oxygen atoms in total. The van der Waals surface area contributed by atoms with Crippen molar-refractivity contribution in [1.82, 2.24) is 0 Å². The van der Waals surface area contributed by atoms with Crippen molar-refractivity contribution in [3.8, 4) is 5.75 Å². The minimum Gasteiger partial charge on any atom is -0.494 e. The molecule has 0 aliphatic heterocycles. The molecule has 1 rings (SSSR count). The zero-order valence-corrected chi connectivity index (χ0v) is 15.2. The SMILES string of the molecule is CC(C)(C)[S@@](=O)N=C(c1ccc(OCCCC(F)(F)F)cc1)C(F)(F)F. The summed E-state index contributed by atoms with van der Waals surface area (Å²) in [7, 11) is -2.10. The number of halogens is 6. The molecule has 0 bridgehead atoms. The van der Waals surface area contributed by atoms with Crippen LogP contribution < -0.4 is 4.74 Å². The van der Waals surface area contributed by atoms with E-state index in [0.717, 1.165) is 12.1 Å². The molecular weight excluding hydrogens is 384 g/mol. The molecule has 26 heavy (non-hydrogen) atoms. The Morgan fingerprint density at radius 2 is 1.58 bits per heavy atom. The average molecular weight is 403 g/mol. The van der Waals surface area contributed by atoms with Crippen LogP contribution in [0, 0.1) is 0 Å². The van der Waals surface area contributed by atoms with Gasteiger partial charge >= 0.3 is 12.4 Å². The first-order chi connectivity index (χ1) is 11.7. The van der Waals surface area contributed by atoms with Crippen LogP contribution in [0.4, 0.5) is 26.3 Å². The molecule has 0 aliphatic rings. The quantitative estimate of drug-likeness (QED) is 0.371. The molecule has 0 aromatic heterocycles. The van der Waals surface area contributed by atoms with E-state index in [9.17, 15) is 30.6 Å². The number of hydrogen-bond acceptors (Lipinski definition) is 2. The summed E-state index contributed by atoms with van der Waals surface area (Å²) in [6.07, 6.45) is -10.4. The van der Waals surface area contributed by atoms with Crippen LogP contribution in [0.1, 0.15) is 39.2 Å². The highest BCUT2D eigenvalue weighted by molar-refractivity contribution is 7.85. The van der Waals surface area contributed by atoms with Gasteiger partial charge in [-0.2, -0.15) is 30.7 Å². The third-order valence-electron chi connectivity index (χ3n) is 2.97. The molecule has 0 unspecified atom stereocenters. The van der Waals surface area contributed by atoms with E-state index in [-0.39, 0.29) is 24.3 Å². The summed E-state index contributed by atoms with van der Waals surface area (Å²) < 4.78 is 95.1. The van der Waals surface area contributed by atoms with Crippen molar-refractivity contribution in [3.05, 3.63) is 29.8 Å². The Kier molecular flexibility index (Phi) is 7.26. The van der Waals surface area contributed by atoms with Gasteiger partial charge in [-0.05, 0) is 51.5 Å². The molecular formula is C16H19F6NO2S. The van der Waals surface area contributed by atoms with Crippen molar-refractivity contribution in [1.29, 1.82) is 0 Å². The van der Waals surface area contributed by atoms with Crippen LogP contribution in [0.15, 0.2) is 28.7 Å². The normalized spacial score (nSPS) is 15.0. The third kappa shape index (κ3) is 7.76.